The lowest BCUT2D eigenvalue weighted by Crippen LogP contribution is -2.43. The third-order valence-corrected chi connectivity index (χ3v) is 3.87. The predicted molar refractivity (Wildman–Crippen MR) is 65.3 cm³/mol. The molecule has 1 saturated carbocycles. The van der Waals surface area contributed by atoms with Gasteiger partial charge in [0.25, 0.3) is 11.8 Å². The van der Waals surface area contributed by atoms with E-state index in [-0.39, 0.29) is 24.0 Å². The van der Waals surface area contributed by atoms with Crippen LogP contribution in [0.15, 0.2) is 24.3 Å². The van der Waals surface area contributed by atoms with Crippen molar-refractivity contribution in [1.82, 2.24) is 5.06 Å². The highest BCUT2D eigenvalue weighted by atomic mass is 19.4. The van der Waals surface area contributed by atoms with Crippen molar-refractivity contribution < 1.29 is 32.4 Å². The number of hydroxylamine groups is 2. The molecule has 22 heavy (non-hydrogen) atoms. The molecule has 1 aromatic rings. The summed E-state index contributed by atoms with van der Waals surface area (Å²) in [5.41, 5.74) is 0.198. The molecule has 1 aliphatic carbocycles. The van der Waals surface area contributed by atoms with Crippen LogP contribution in [-0.4, -0.2) is 29.0 Å². The Bertz CT molecular complexity index is 629. The maximum absolute atomic E-state index is 12.4. The summed E-state index contributed by atoms with van der Waals surface area (Å²) in [6.45, 7) is 0. The fraction of sp³-hybridized carbons (Fsp3) is 0.357. The van der Waals surface area contributed by atoms with E-state index in [4.69, 9.17) is 4.84 Å². The van der Waals surface area contributed by atoms with Gasteiger partial charge >= 0.3 is 12.1 Å². The highest BCUT2D eigenvalue weighted by Crippen LogP contribution is 2.45. The van der Waals surface area contributed by atoms with Crippen molar-refractivity contribution in [1.29, 1.82) is 0 Å². The smallest absolute Gasteiger partial charge is 0.329 e. The fourth-order valence-corrected chi connectivity index (χ4v) is 2.49. The summed E-state index contributed by atoms with van der Waals surface area (Å²) < 4.78 is 37.1. The van der Waals surface area contributed by atoms with E-state index in [0.717, 1.165) is 0 Å². The van der Waals surface area contributed by atoms with Crippen molar-refractivity contribution in [3.05, 3.63) is 35.4 Å². The van der Waals surface area contributed by atoms with Gasteiger partial charge in [-0.15, -0.1) is 0 Å². The number of carbonyl (C=O) groups excluding carboxylic acids is 3. The highest BCUT2D eigenvalue weighted by molar-refractivity contribution is 6.20. The number of hydrogen-bond donors (Lipinski definition) is 0. The van der Waals surface area contributed by atoms with Gasteiger partial charge in [-0.05, 0) is 25.0 Å². The largest absolute Gasteiger partial charge is 0.391 e. The van der Waals surface area contributed by atoms with Crippen molar-refractivity contribution in [2.45, 2.75) is 19.0 Å². The monoisotopic (exact) mass is 313 g/mol. The summed E-state index contributed by atoms with van der Waals surface area (Å²) in [7, 11) is 0. The van der Waals surface area contributed by atoms with E-state index in [0.29, 0.717) is 5.06 Å². The first-order chi connectivity index (χ1) is 10.3. The molecule has 0 N–H and O–H groups in total. The molecule has 2 aliphatic rings. The quantitative estimate of drug-likeness (QED) is 0.786. The second-order valence-electron chi connectivity index (χ2n) is 5.27. The van der Waals surface area contributed by atoms with Crippen LogP contribution in [0.4, 0.5) is 13.2 Å². The van der Waals surface area contributed by atoms with E-state index < -0.39 is 35.8 Å². The van der Waals surface area contributed by atoms with Crippen LogP contribution in [-0.2, 0) is 9.63 Å². The third kappa shape index (κ3) is 2.24. The third-order valence-electron chi connectivity index (χ3n) is 3.87. The number of hydrogen-bond acceptors (Lipinski definition) is 4. The summed E-state index contributed by atoms with van der Waals surface area (Å²) in [5.74, 6) is -5.06. The Balaban J connectivity index is 1.65. The van der Waals surface area contributed by atoms with Crippen molar-refractivity contribution in [2.75, 3.05) is 0 Å². The van der Waals surface area contributed by atoms with Gasteiger partial charge in [-0.25, -0.2) is 4.79 Å². The lowest BCUT2D eigenvalue weighted by Gasteiger charge is -2.34. The van der Waals surface area contributed by atoms with Crippen LogP contribution in [0.2, 0.25) is 0 Å². The SMILES string of the molecule is O=C(ON1C(=O)c2ccccc2C1=O)C1CC(C(F)(F)F)C1. The molecular formula is C14H10F3NO4. The summed E-state index contributed by atoms with van der Waals surface area (Å²) in [6, 6.07) is 5.92. The molecule has 1 heterocycles. The molecule has 8 heteroatoms. The topological polar surface area (TPSA) is 63.7 Å². The normalized spacial score (nSPS) is 24.0. The van der Waals surface area contributed by atoms with Gasteiger partial charge in [0.1, 0.15) is 0 Å². The van der Waals surface area contributed by atoms with Gasteiger partial charge in [0.15, 0.2) is 0 Å². The fourth-order valence-electron chi connectivity index (χ4n) is 2.49. The number of halogens is 3. The zero-order chi connectivity index (χ0) is 16.1. The Morgan fingerprint density at radius 2 is 1.59 bits per heavy atom. The predicted octanol–water partition coefficient (Wildman–Crippen LogP) is 2.33. The van der Waals surface area contributed by atoms with Crippen LogP contribution in [0.5, 0.6) is 0 Å². The van der Waals surface area contributed by atoms with Crippen LogP contribution in [0.25, 0.3) is 0 Å². The maximum atomic E-state index is 12.4. The van der Waals surface area contributed by atoms with E-state index in [2.05, 4.69) is 0 Å². The lowest BCUT2D eigenvalue weighted by atomic mass is 9.74. The minimum Gasteiger partial charge on any atom is -0.329 e. The minimum atomic E-state index is -4.34. The molecule has 1 fully saturated rings. The second kappa shape index (κ2) is 4.82. The summed E-state index contributed by atoms with van der Waals surface area (Å²) in [4.78, 5) is 40.4. The maximum Gasteiger partial charge on any atom is 0.391 e. The number of benzene rings is 1. The first-order valence-corrected chi connectivity index (χ1v) is 6.55. The van der Waals surface area contributed by atoms with Gasteiger partial charge in [-0.3, -0.25) is 9.59 Å². The lowest BCUT2D eigenvalue weighted by molar-refractivity contribution is -0.215. The van der Waals surface area contributed by atoms with Gasteiger partial charge in [-0.1, -0.05) is 17.2 Å². The Morgan fingerprint density at radius 1 is 1.09 bits per heavy atom. The molecule has 116 valence electrons. The Labute approximate surface area is 122 Å². The molecule has 0 aromatic heterocycles. The molecule has 1 aromatic carbocycles. The molecule has 0 bridgehead atoms. The average Bonchev–Trinajstić information content (AvgIpc) is 2.61. The number of alkyl halides is 3. The first kappa shape index (κ1) is 14.6. The van der Waals surface area contributed by atoms with E-state index in [9.17, 15) is 27.6 Å². The van der Waals surface area contributed by atoms with E-state index >= 15 is 0 Å². The molecule has 3 rings (SSSR count). The van der Waals surface area contributed by atoms with Crippen molar-refractivity contribution in [3.63, 3.8) is 0 Å². The molecule has 0 radical (unpaired) electrons. The van der Waals surface area contributed by atoms with Crippen molar-refractivity contribution in [3.8, 4) is 0 Å². The van der Waals surface area contributed by atoms with E-state index in [1.807, 2.05) is 0 Å². The molecule has 0 atom stereocenters. The zero-order valence-electron chi connectivity index (χ0n) is 11.1. The number of carbonyl (C=O) groups is 3. The minimum absolute atomic E-state index is 0.0991. The number of amides is 2. The molecule has 0 unspecified atom stereocenters. The van der Waals surface area contributed by atoms with Crippen LogP contribution in [0.3, 0.4) is 0 Å². The second-order valence-corrected chi connectivity index (χ2v) is 5.27. The standard InChI is InChI=1S/C14H10F3NO4/c15-14(16,17)8-5-7(6-8)13(21)22-18-11(19)9-3-1-2-4-10(9)12(18)20/h1-4,7-8H,5-6H2. The van der Waals surface area contributed by atoms with Gasteiger partial charge in [0.05, 0.1) is 23.0 Å². The van der Waals surface area contributed by atoms with Gasteiger partial charge in [-0.2, -0.15) is 13.2 Å². The van der Waals surface area contributed by atoms with Crippen molar-refractivity contribution >= 4 is 17.8 Å². The van der Waals surface area contributed by atoms with Crippen molar-refractivity contribution in [2.24, 2.45) is 11.8 Å². The van der Waals surface area contributed by atoms with E-state index in [1.54, 1.807) is 12.1 Å². The highest BCUT2D eigenvalue weighted by Gasteiger charge is 2.51. The van der Waals surface area contributed by atoms with Gasteiger partial charge < -0.3 is 4.84 Å². The summed E-state index contributed by atoms with van der Waals surface area (Å²) >= 11 is 0. The number of imide groups is 1. The van der Waals surface area contributed by atoms with Gasteiger partial charge in [0.2, 0.25) is 0 Å². The van der Waals surface area contributed by atoms with Gasteiger partial charge in [0, 0.05) is 0 Å². The Kier molecular flexibility index (Phi) is 3.19. The Morgan fingerprint density at radius 3 is 2.05 bits per heavy atom. The average molecular weight is 313 g/mol. The number of rotatable bonds is 2. The molecular weight excluding hydrogens is 303 g/mol. The number of fused-ring (bicyclic) bond motifs is 1. The molecule has 2 amide bonds. The first-order valence-electron chi connectivity index (χ1n) is 6.55. The summed E-state index contributed by atoms with van der Waals surface area (Å²) in [6.07, 6.45) is -5.11. The van der Waals surface area contributed by atoms with Crippen LogP contribution in [0, 0.1) is 11.8 Å². The molecule has 1 aliphatic heterocycles. The molecule has 0 spiro atoms. The van der Waals surface area contributed by atoms with Crippen LogP contribution in [0.1, 0.15) is 33.6 Å². The zero-order valence-corrected chi connectivity index (χ0v) is 11.1. The summed E-state index contributed by atoms with van der Waals surface area (Å²) in [5, 5.41) is 0.313. The molecule has 0 saturated heterocycles. The van der Waals surface area contributed by atoms with Crippen LogP contribution < -0.4 is 0 Å². The van der Waals surface area contributed by atoms with E-state index in [1.165, 1.54) is 12.1 Å². The molecule has 5 nitrogen and oxygen atoms in total. The number of nitrogens with zero attached hydrogens (tertiary/aromatic N) is 1. The van der Waals surface area contributed by atoms with Crippen LogP contribution >= 0.6 is 0 Å². The Hall–Kier alpha value is -2.38.